The topological polar surface area (TPSA) is 71.3 Å². The molecular weight excluding hydrogens is 543 g/mol. The second-order valence-corrected chi connectivity index (χ2v) is 10.7. The van der Waals surface area contributed by atoms with Crippen LogP contribution in [0.1, 0.15) is 56.1 Å². The lowest BCUT2D eigenvalue weighted by atomic mass is 9.99. The molecule has 0 aliphatic heterocycles. The highest BCUT2D eigenvalue weighted by molar-refractivity contribution is 6.36. The number of aromatic carboxylic acids is 1. The number of hydrogen-bond donors (Lipinski definition) is 2. The normalized spacial score (nSPS) is 11.9. The van der Waals surface area contributed by atoms with E-state index < -0.39 is 5.97 Å². The lowest BCUT2D eigenvalue weighted by molar-refractivity contribution is 0.0697. The van der Waals surface area contributed by atoms with Crippen LogP contribution in [-0.4, -0.2) is 21.6 Å². The van der Waals surface area contributed by atoms with E-state index in [9.17, 15) is 14.7 Å². The molecule has 1 atom stereocenters. The Morgan fingerprint density at radius 1 is 0.900 bits per heavy atom. The average Bonchev–Trinajstić information content (AvgIpc) is 3.17. The molecule has 7 heteroatoms. The Morgan fingerprint density at radius 3 is 2.25 bits per heavy atom. The molecular formula is C33H28Cl2N2O3. The second kappa shape index (κ2) is 11.2. The van der Waals surface area contributed by atoms with Gasteiger partial charge in [0.2, 0.25) is 0 Å². The molecule has 5 nitrogen and oxygen atoms in total. The molecule has 40 heavy (non-hydrogen) atoms. The monoisotopic (exact) mass is 570 g/mol. The maximum Gasteiger partial charge on any atom is 0.336 e. The van der Waals surface area contributed by atoms with Crippen LogP contribution in [-0.2, 0) is 6.54 Å². The summed E-state index contributed by atoms with van der Waals surface area (Å²) in [6.45, 7) is 6.65. The fraction of sp³-hybridized carbons (Fsp3) is 0.152. The van der Waals surface area contributed by atoms with E-state index in [-0.39, 0.29) is 17.5 Å². The minimum absolute atomic E-state index is 0.201. The molecule has 1 amide bonds. The number of aryl methyl sites for hydroxylation is 1. The van der Waals surface area contributed by atoms with Crippen molar-refractivity contribution in [2.24, 2.45) is 0 Å². The van der Waals surface area contributed by atoms with Gasteiger partial charge >= 0.3 is 5.97 Å². The SMILES string of the molecule is Cc1c(C)n(Cc2ccc(-c3ccccc3C(=O)O)cc2)c2ccc(C(=O)N[C@H](C)c3c(Cl)cccc3Cl)cc12. The predicted octanol–water partition coefficient (Wildman–Crippen LogP) is 8.47. The smallest absolute Gasteiger partial charge is 0.336 e. The van der Waals surface area contributed by atoms with Crippen molar-refractivity contribution >= 4 is 46.0 Å². The van der Waals surface area contributed by atoms with Crippen LogP contribution in [0.15, 0.2) is 84.9 Å². The molecule has 202 valence electrons. The van der Waals surface area contributed by atoms with Crippen molar-refractivity contribution in [1.82, 2.24) is 9.88 Å². The highest BCUT2D eigenvalue weighted by atomic mass is 35.5. The van der Waals surface area contributed by atoms with E-state index in [0.29, 0.717) is 33.3 Å². The Hall–Kier alpha value is -4.06. The number of carbonyl (C=O) groups is 2. The molecule has 1 aromatic heterocycles. The number of carboxylic acids is 1. The molecule has 1 heterocycles. The lowest BCUT2D eigenvalue weighted by Crippen LogP contribution is -2.27. The first-order valence-corrected chi connectivity index (χ1v) is 13.7. The summed E-state index contributed by atoms with van der Waals surface area (Å²) in [5, 5.41) is 14.6. The number of benzene rings is 4. The summed E-state index contributed by atoms with van der Waals surface area (Å²) in [5.41, 5.74) is 7.43. The standard InChI is InChI=1S/C33H28Cl2N2O3/c1-19-21(3)37(18-22-11-13-23(14-12-22)25-7-4-5-8-26(25)33(39)40)30-16-15-24(17-27(19)30)32(38)36-20(2)31-28(34)9-6-10-29(31)35/h4-17,20H,18H2,1-3H3,(H,36,38)(H,39,40)/t20-/m1/s1. The van der Waals surface area contributed by atoms with E-state index in [1.54, 1.807) is 30.3 Å². The fourth-order valence-corrected chi connectivity index (χ4v) is 5.89. The number of amides is 1. The number of carboxylic acid groups (broad SMARTS) is 1. The average molecular weight is 572 g/mol. The van der Waals surface area contributed by atoms with E-state index in [1.807, 2.05) is 61.5 Å². The molecule has 0 aliphatic rings. The van der Waals surface area contributed by atoms with E-state index in [1.165, 1.54) is 0 Å². The van der Waals surface area contributed by atoms with E-state index in [2.05, 4.69) is 23.7 Å². The van der Waals surface area contributed by atoms with Gasteiger partial charge in [-0.25, -0.2) is 4.79 Å². The van der Waals surface area contributed by atoms with E-state index in [0.717, 1.165) is 33.3 Å². The van der Waals surface area contributed by atoms with Crippen molar-refractivity contribution in [3.8, 4) is 11.1 Å². The predicted molar refractivity (Wildman–Crippen MR) is 162 cm³/mol. The number of carbonyl (C=O) groups excluding carboxylic acids is 1. The summed E-state index contributed by atoms with van der Waals surface area (Å²) < 4.78 is 2.23. The number of nitrogens with zero attached hydrogens (tertiary/aromatic N) is 1. The van der Waals surface area contributed by atoms with Crippen molar-refractivity contribution < 1.29 is 14.7 Å². The Morgan fingerprint density at radius 2 is 1.57 bits per heavy atom. The number of hydrogen-bond acceptors (Lipinski definition) is 2. The maximum atomic E-state index is 13.2. The van der Waals surface area contributed by atoms with Crippen LogP contribution in [0, 0.1) is 13.8 Å². The zero-order valence-corrected chi connectivity index (χ0v) is 23.8. The minimum Gasteiger partial charge on any atom is -0.478 e. The first-order chi connectivity index (χ1) is 19.2. The van der Waals surface area contributed by atoms with E-state index >= 15 is 0 Å². The van der Waals surface area contributed by atoms with Gasteiger partial charge in [0.25, 0.3) is 5.91 Å². The maximum absolute atomic E-state index is 13.2. The van der Waals surface area contributed by atoms with Crippen molar-refractivity contribution in [3.63, 3.8) is 0 Å². The molecule has 0 radical (unpaired) electrons. The summed E-state index contributed by atoms with van der Waals surface area (Å²) >= 11 is 12.7. The van der Waals surface area contributed by atoms with Gasteiger partial charge in [0, 0.05) is 44.3 Å². The summed E-state index contributed by atoms with van der Waals surface area (Å²) in [6, 6.07) is 25.7. The van der Waals surface area contributed by atoms with Crippen LogP contribution in [0.2, 0.25) is 10.0 Å². The molecule has 2 N–H and O–H groups in total. The molecule has 0 spiro atoms. The number of aromatic nitrogens is 1. The van der Waals surface area contributed by atoms with Gasteiger partial charge in [-0.3, -0.25) is 4.79 Å². The summed E-state index contributed by atoms with van der Waals surface area (Å²) in [6.07, 6.45) is 0. The Balaban J connectivity index is 1.39. The quantitative estimate of drug-likeness (QED) is 0.206. The van der Waals surface area contributed by atoms with Crippen molar-refractivity contribution in [2.75, 3.05) is 0 Å². The molecule has 0 saturated heterocycles. The van der Waals surface area contributed by atoms with Crippen LogP contribution in [0.4, 0.5) is 0 Å². The van der Waals surface area contributed by atoms with Crippen LogP contribution in [0.3, 0.4) is 0 Å². The third-order valence-corrected chi connectivity index (χ3v) is 8.10. The third-order valence-electron chi connectivity index (χ3n) is 7.44. The Kier molecular flexibility index (Phi) is 7.70. The van der Waals surface area contributed by atoms with Crippen LogP contribution < -0.4 is 5.32 Å². The third kappa shape index (κ3) is 5.23. The minimum atomic E-state index is -0.945. The van der Waals surface area contributed by atoms with Crippen molar-refractivity contribution in [2.45, 2.75) is 33.4 Å². The van der Waals surface area contributed by atoms with Crippen LogP contribution in [0.25, 0.3) is 22.0 Å². The molecule has 4 aromatic carbocycles. The van der Waals surface area contributed by atoms with Gasteiger partial charge in [0.1, 0.15) is 0 Å². The van der Waals surface area contributed by atoms with Crippen LogP contribution >= 0.6 is 23.2 Å². The van der Waals surface area contributed by atoms with Gasteiger partial charge in [-0.1, -0.05) is 71.7 Å². The number of halogens is 2. The second-order valence-electron chi connectivity index (χ2n) is 9.91. The van der Waals surface area contributed by atoms with E-state index in [4.69, 9.17) is 23.2 Å². The molecule has 0 unspecified atom stereocenters. The molecule has 0 aliphatic carbocycles. The van der Waals surface area contributed by atoms with Gasteiger partial charge in [-0.15, -0.1) is 0 Å². The van der Waals surface area contributed by atoms with Gasteiger partial charge < -0.3 is 15.0 Å². The largest absolute Gasteiger partial charge is 0.478 e. The highest BCUT2D eigenvalue weighted by Gasteiger charge is 2.19. The zero-order valence-electron chi connectivity index (χ0n) is 22.3. The number of fused-ring (bicyclic) bond motifs is 1. The molecule has 5 rings (SSSR count). The first kappa shape index (κ1) is 27.5. The van der Waals surface area contributed by atoms with Crippen molar-refractivity contribution in [3.05, 3.63) is 128 Å². The van der Waals surface area contributed by atoms with Gasteiger partial charge in [-0.05, 0) is 79.4 Å². The Labute approximate surface area is 243 Å². The lowest BCUT2D eigenvalue weighted by Gasteiger charge is -2.17. The highest BCUT2D eigenvalue weighted by Crippen LogP contribution is 2.31. The van der Waals surface area contributed by atoms with Crippen molar-refractivity contribution in [1.29, 1.82) is 0 Å². The first-order valence-electron chi connectivity index (χ1n) is 12.9. The van der Waals surface area contributed by atoms with Gasteiger partial charge in [0.05, 0.1) is 11.6 Å². The number of nitrogens with one attached hydrogen (secondary N) is 1. The Bertz CT molecular complexity index is 1740. The van der Waals surface area contributed by atoms with Crippen LogP contribution in [0.5, 0.6) is 0 Å². The number of rotatable bonds is 7. The molecule has 5 aromatic rings. The summed E-state index contributed by atoms with van der Waals surface area (Å²) in [5.74, 6) is -1.15. The zero-order chi connectivity index (χ0) is 28.6. The van der Waals surface area contributed by atoms with Gasteiger partial charge in [0.15, 0.2) is 0 Å². The van der Waals surface area contributed by atoms with Gasteiger partial charge in [-0.2, -0.15) is 0 Å². The molecule has 0 saturated carbocycles. The summed E-state index contributed by atoms with van der Waals surface area (Å²) in [4.78, 5) is 24.8. The fourth-order valence-electron chi connectivity index (χ4n) is 5.16. The molecule has 0 fully saturated rings. The summed E-state index contributed by atoms with van der Waals surface area (Å²) in [7, 11) is 0. The molecule has 0 bridgehead atoms.